The number of sulfone groups is 1. The standard InChI is InChI=1S/C17H9Br2F5N2O2S/c1-29(27,28)15-11(20)5-8(6-12(15)21)14-13(25-16(26-14)17(22,23)24)7-2-3-9(18)10(19)4-7/h2-6H,1H3,(H,25,26). The van der Waals surface area contributed by atoms with Gasteiger partial charge in [0.1, 0.15) is 16.5 Å². The maximum absolute atomic E-state index is 14.3. The van der Waals surface area contributed by atoms with E-state index >= 15 is 0 Å². The highest BCUT2D eigenvalue weighted by Crippen LogP contribution is 2.38. The smallest absolute Gasteiger partial charge is 0.334 e. The summed E-state index contributed by atoms with van der Waals surface area (Å²) in [5.41, 5.74) is -0.625. The third kappa shape index (κ3) is 4.38. The number of H-pyrrole nitrogens is 1. The second kappa shape index (κ2) is 7.47. The Balaban J connectivity index is 2.29. The van der Waals surface area contributed by atoms with Crippen LogP contribution < -0.4 is 0 Å². The van der Waals surface area contributed by atoms with E-state index in [2.05, 4.69) is 41.8 Å². The summed E-state index contributed by atoms with van der Waals surface area (Å²) in [5.74, 6) is -4.22. The van der Waals surface area contributed by atoms with Crippen LogP contribution in [-0.2, 0) is 16.0 Å². The monoisotopic (exact) mass is 558 g/mol. The summed E-state index contributed by atoms with van der Waals surface area (Å²) in [4.78, 5) is 4.43. The van der Waals surface area contributed by atoms with E-state index in [0.29, 0.717) is 27.3 Å². The van der Waals surface area contributed by atoms with Crippen molar-refractivity contribution in [2.24, 2.45) is 0 Å². The maximum atomic E-state index is 14.3. The van der Waals surface area contributed by atoms with Gasteiger partial charge in [-0.25, -0.2) is 22.2 Å². The van der Waals surface area contributed by atoms with E-state index < -0.39 is 38.4 Å². The number of nitrogens with one attached hydrogen (secondary N) is 1. The van der Waals surface area contributed by atoms with Gasteiger partial charge in [-0.1, -0.05) is 6.07 Å². The van der Waals surface area contributed by atoms with Gasteiger partial charge in [0.2, 0.25) is 5.82 Å². The van der Waals surface area contributed by atoms with Crippen molar-refractivity contribution in [2.45, 2.75) is 11.1 Å². The first-order chi connectivity index (χ1) is 13.3. The zero-order chi connectivity index (χ0) is 21.7. The lowest BCUT2D eigenvalue weighted by Gasteiger charge is -2.08. The molecule has 0 unspecified atom stereocenters. The summed E-state index contributed by atoms with van der Waals surface area (Å²) in [6.45, 7) is 0. The van der Waals surface area contributed by atoms with Crippen molar-refractivity contribution < 1.29 is 30.4 Å². The Morgan fingerprint density at radius 3 is 2.03 bits per heavy atom. The Labute approximate surface area is 178 Å². The number of aromatic nitrogens is 2. The van der Waals surface area contributed by atoms with Crippen molar-refractivity contribution in [1.82, 2.24) is 9.97 Å². The highest BCUT2D eigenvalue weighted by atomic mass is 79.9. The Kier molecular flexibility index (Phi) is 5.65. The average Bonchev–Trinajstić information content (AvgIpc) is 3.01. The van der Waals surface area contributed by atoms with Crippen LogP contribution in [0, 0.1) is 11.6 Å². The molecule has 2 aromatic carbocycles. The van der Waals surface area contributed by atoms with Crippen LogP contribution in [0.4, 0.5) is 22.0 Å². The SMILES string of the molecule is CS(=O)(=O)c1c(F)cc(-c2nc(C(F)(F)F)[nH]c2-c2ccc(Br)c(Br)c2)cc1F. The number of rotatable bonds is 3. The van der Waals surface area contributed by atoms with Gasteiger partial charge >= 0.3 is 6.18 Å². The molecule has 0 spiro atoms. The molecule has 0 fully saturated rings. The molecule has 0 aliphatic rings. The minimum absolute atomic E-state index is 0.142. The van der Waals surface area contributed by atoms with Gasteiger partial charge in [-0.3, -0.25) is 0 Å². The van der Waals surface area contributed by atoms with Crippen molar-refractivity contribution >= 4 is 41.7 Å². The number of alkyl halides is 3. The summed E-state index contributed by atoms with van der Waals surface area (Å²) in [6, 6.07) is 5.79. The van der Waals surface area contributed by atoms with E-state index in [1.165, 1.54) is 12.1 Å². The van der Waals surface area contributed by atoms with Crippen molar-refractivity contribution in [3.05, 3.63) is 56.7 Å². The first-order valence-corrected chi connectivity index (χ1v) is 11.1. The molecule has 3 rings (SSSR count). The first kappa shape index (κ1) is 21.9. The number of hydrogen-bond acceptors (Lipinski definition) is 3. The zero-order valence-electron chi connectivity index (χ0n) is 14.2. The Morgan fingerprint density at radius 1 is 0.966 bits per heavy atom. The van der Waals surface area contributed by atoms with Gasteiger partial charge in [0.15, 0.2) is 9.84 Å². The second-order valence-electron chi connectivity index (χ2n) is 5.98. The number of benzene rings is 2. The predicted molar refractivity (Wildman–Crippen MR) is 103 cm³/mol. The maximum Gasteiger partial charge on any atom is 0.449 e. The fourth-order valence-electron chi connectivity index (χ4n) is 2.63. The van der Waals surface area contributed by atoms with Crippen molar-refractivity contribution in [3.63, 3.8) is 0 Å². The molecule has 154 valence electrons. The summed E-state index contributed by atoms with van der Waals surface area (Å²) in [7, 11) is -4.22. The minimum atomic E-state index is -4.84. The van der Waals surface area contributed by atoms with Crippen molar-refractivity contribution in [1.29, 1.82) is 0 Å². The van der Waals surface area contributed by atoms with Crippen LogP contribution in [0.1, 0.15) is 5.82 Å². The lowest BCUT2D eigenvalue weighted by atomic mass is 10.0. The average molecular weight is 560 g/mol. The first-order valence-electron chi connectivity index (χ1n) is 7.61. The van der Waals surface area contributed by atoms with Gasteiger partial charge in [-0.05, 0) is 56.1 Å². The van der Waals surface area contributed by atoms with Gasteiger partial charge in [-0.15, -0.1) is 0 Å². The molecule has 0 atom stereocenters. The Bertz CT molecular complexity index is 1200. The number of nitrogens with zero attached hydrogens (tertiary/aromatic N) is 1. The summed E-state index contributed by atoms with van der Waals surface area (Å²) in [5, 5.41) is 0. The van der Waals surface area contributed by atoms with Gasteiger partial charge < -0.3 is 4.98 Å². The fourth-order valence-corrected chi connectivity index (χ4v) is 4.08. The van der Waals surface area contributed by atoms with E-state index in [4.69, 9.17) is 0 Å². The fraction of sp³-hybridized carbons (Fsp3) is 0.118. The molecule has 0 aliphatic heterocycles. The molecule has 4 nitrogen and oxygen atoms in total. The second-order valence-corrected chi connectivity index (χ2v) is 9.64. The summed E-state index contributed by atoms with van der Waals surface area (Å²) >= 11 is 6.47. The molecule has 0 saturated carbocycles. The Morgan fingerprint density at radius 2 is 1.55 bits per heavy atom. The number of hydrogen-bond donors (Lipinski definition) is 1. The van der Waals surface area contributed by atoms with Crippen LogP contribution in [0.15, 0.2) is 44.2 Å². The molecule has 0 radical (unpaired) electrons. The molecule has 29 heavy (non-hydrogen) atoms. The van der Waals surface area contributed by atoms with Crippen LogP contribution >= 0.6 is 31.9 Å². The predicted octanol–water partition coefficient (Wildman–Crippen LogP) is 5.97. The van der Waals surface area contributed by atoms with E-state index in [1.807, 2.05) is 0 Å². The molecular formula is C17H9Br2F5N2O2S. The third-order valence-corrected chi connectivity index (χ3v) is 6.83. The van der Waals surface area contributed by atoms with E-state index in [0.717, 1.165) is 0 Å². The molecule has 1 heterocycles. The summed E-state index contributed by atoms with van der Waals surface area (Å²) in [6.07, 6.45) is -4.22. The van der Waals surface area contributed by atoms with Crippen molar-refractivity contribution in [2.75, 3.05) is 6.26 Å². The molecule has 0 aliphatic carbocycles. The molecule has 3 aromatic rings. The quantitative estimate of drug-likeness (QED) is 0.402. The van der Waals surface area contributed by atoms with Crippen LogP contribution in [0.5, 0.6) is 0 Å². The molecule has 0 amide bonds. The van der Waals surface area contributed by atoms with Gasteiger partial charge in [0.25, 0.3) is 0 Å². The van der Waals surface area contributed by atoms with E-state index in [-0.39, 0.29) is 22.5 Å². The van der Waals surface area contributed by atoms with Gasteiger partial charge in [0.05, 0.1) is 11.4 Å². The Hall–Kier alpha value is -1.79. The molecule has 12 heteroatoms. The summed E-state index contributed by atoms with van der Waals surface area (Å²) < 4.78 is 92.4. The zero-order valence-corrected chi connectivity index (χ0v) is 18.2. The largest absolute Gasteiger partial charge is 0.449 e. The number of halogens is 7. The molecule has 1 N–H and O–H groups in total. The van der Waals surface area contributed by atoms with Crippen LogP contribution in [0.3, 0.4) is 0 Å². The number of imidazole rings is 1. The van der Waals surface area contributed by atoms with Gasteiger partial charge in [0, 0.05) is 26.3 Å². The highest BCUT2D eigenvalue weighted by Gasteiger charge is 2.36. The van der Waals surface area contributed by atoms with Crippen LogP contribution in [0.2, 0.25) is 0 Å². The van der Waals surface area contributed by atoms with Crippen molar-refractivity contribution in [3.8, 4) is 22.5 Å². The molecule has 0 bridgehead atoms. The van der Waals surface area contributed by atoms with E-state index in [1.54, 1.807) is 6.07 Å². The minimum Gasteiger partial charge on any atom is -0.334 e. The highest BCUT2D eigenvalue weighted by molar-refractivity contribution is 9.13. The normalized spacial score (nSPS) is 12.4. The molecule has 0 saturated heterocycles. The molecular weight excluding hydrogens is 551 g/mol. The topological polar surface area (TPSA) is 62.8 Å². The van der Waals surface area contributed by atoms with Crippen LogP contribution in [-0.4, -0.2) is 24.6 Å². The number of aromatic amines is 1. The third-order valence-electron chi connectivity index (χ3n) is 3.82. The van der Waals surface area contributed by atoms with Crippen LogP contribution in [0.25, 0.3) is 22.5 Å². The van der Waals surface area contributed by atoms with E-state index in [9.17, 15) is 30.4 Å². The lowest BCUT2D eigenvalue weighted by Crippen LogP contribution is -2.07. The van der Waals surface area contributed by atoms with Gasteiger partial charge in [-0.2, -0.15) is 13.2 Å². The lowest BCUT2D eigenvalue weighted by molar-refractivity contribution is -0.144. The molecule has 1 aromatic heterocycles.